The highest BCUT2D eigenvalue weighted by atomic mass is 16.3. The molecule has 1 atom stereocenters. The van der Waals surface area contributed by atoms with Gasteiger partial charge in [-0.1, -0.05) is 38.2 Å². The molecule has 0 saturated heterocycles. The molecule has 2 rings (SSSR count). The molecular formula is C19H30N4O3. The lowest BCUT2D eigenvalue weighted by atomic mass is 10.1. The van der Waals surface area contributed by atoms with Crippen LogP contribution in [0.3, 0.4) is 0 Å². The van der Waals surface area contributed by atoms with E-state index >= 15 is 0 Å². The molecular weight excluding hydrogens is 332 g/mol. The van der Waals surface area contributed by atoms with Gasteiger partial charge in [0.2, 0.25) is 0 Å². The molecule has 0 amide bonds. The molecule has 7 heteroatoms. The second-order valence-corrected chi connectivity index (χ2v) is 6.98. The van der Waals surface area contributed by atoms with Crippen molar-refractivity contribution in [2.24, 2.45) is 14.1 Å². The Morgan fingerprint density at radius 1 is 1.12 bits per heavy atom. The molecule has 26 heavy (non-hydrogen) atoms. The van der Waals surface area contributed by atoms with E-state index in [1.54, 1.807) is 31.2 Å². The van der Waals surface area contributed by atoms with Crippen molar-refractivity contribution in [2.45, 2.75) is 64.4 Å². The molecule has 0 radical (unpaired) electrons. The average Bonchev–Trinajstić information content (AvgIpc) is 2.99. The van der Waals surface area contributed by atoms with E-state index in [0.717, 1.165) is 43.1 Å². The second-order valence-electron chi connectivity index (χ2n) is 6.98. The van der Waals surface area contributed by atoms with Crippen LogP contribution in [-0.2, 0) is 14.1 Å². The van der Waals surface area contributed by atoms with Crippen molar-refractivity contribution in [3.63, 3.8) is 0 Å². The van der Waals surface area contributed by atoms with E-state index in [1.807, 2.05) is 13.0 Å². The van der Waals surface area contributed by atoms with Crippen molar-refractivity contribution in [3.8, 4) is 0 Å². The highest BCUT2D eigenvalue weighted by Crippen LogP contribution is 2.10. The number of hydrogen-bond donors (Lipinski definition) is 1. The zero-order valence-electron chi connectivity index (χ0n) is 16.0. The molecule has 2 aromatic rings. The van der Waals surface area contributed by atoms with Gasteiger partial charge in [0.25, 0.3) is 5.56 Å². The average molecular weight is 362 g/mol. The number of hydrogen-bond acceptors (Lipinski definition) is 4. The van der Waals surface area contributed by atoms with E-state index in [9.17, 15) is 14.7 Å². The van der Waals surface area contributed by atoms with Gasteiger partial charge >= 0.3 is 5.69 Å². The number of allylic oxidation sites excluding steroid dienone is 1. The molecule has 0 aromatic carbocycles. The van der Waals surface area contributed by atoms with Crippen LogP contribution < -0.4 is 11.2 Å². The van der Waals surface area contributed by atoms with Crippen LogP contribution >= 0.6 is 0 Å². The number of aryl methyl sites for hydroxylation is 2. The highest BCUT2D eigenvalue weighted by Gasteiger charge is 2.13. The predicted molar refractivity (Wildman–Crippen MR) is 104 cm³/mol. The first-order valence-electron chi connectivity index (χ1n) is 9.40. The van der Waals surface area contributed by atoms with E-state index in [0.29, 0.717) is 11.2 Å². The lowest BCUT2D eigenvalue weighted by molar-refractivity contribution is 0.180. The number of rotatable bonds is 10. The topological polar surface area (TPSA) is 82.1 Å². The van der Waals surface area contributed by atoms with Gasteiger partial charge in [0.05, 0.1) is 12.4 Å². The molecule has 0 saturated carbocycles. The van der Waals surface area contributed by atoms with Gasteiger partial charge in [-0.05, 0) is 26.2 Å². The van der Waals surface area contributed by atoms with E-state index in [2.05, 4.69) is 4.98 Å². The first-order valence-corrected chi connectivity index (χ1v) is 9.40. The number of imidazole rings is 1. The van der Waals surface area contributed by atoms with E-state index in [1.165, 1.54) is 17.4 Å². The number of aliphatic hydroxyl groups excluding tert-OH is 1. The van der Waals surface area contributed by atoms with Gasteiger partial charge in [0.1, 0.15) is 0 Å². The highest BCUT2D eigenvalue weighted by molar-refractivity contribution is 5.70. The fourth-order valence-corrected chi connectivity index (χ4v) is 3.08. The monoisotopic (exact) mass is 362 g/mol. The van der Waals surface area contributed by atoms with Crippen molar-refractivity contribution in [1.29, 1.82) is 0 Å². The number of fused-ring (bicyclic) bond motifs is 1. The number of nitrogens with zero attached hydrogens (tertiary/aromatic N) is 4. The quantitative estimate of drug-likeness (QED) is 0.658. The van der Waals surface area contributed by atoms with Crippen LogP contribution in [0.2, 0.25) is 0 Å². The molecule has 0 aliphatic rings. The summed E-state index contributed by atoms with van der Waals surface area (Å²) in [6.45, 7) is 1.83. The van der Waals surface area contributed by atoms with Crippen LogP contribution in [-0.4, -0.2) is 29.9 Å². The Morgan fingerprint density at radius 2 is 1.77 bits per heavy atom. The fraction of sp³-hybridized carbons (Fsp3) is 0.632. The summed E-state index contributed by atoms with van der Waals surface area (Å²) in [6.07, 6.45) is 13.3. The summed E-state index contributed by atoms with van der Waals surface area (Å²) in [4.78, 5) is 29.0. The van der Waals surface area contributed by atoms with Crippen LogP contribution in [0.1, 0.15) is 58.3 Å². The van der Waals surface area contributed by atoms with Crippen molar-refractivity contribution < 1.29 is 5.11 Å². The summed E-state index contributed by atoms with van der Waals surface area (Å²) in [5.41, 5.74) is 0.115. The van der Waals surface area contributed by atoms with Crippen molar-refractivity contribution >= 4 is 17.4 Å². The predicted octanol–water partition coefficient (Wildman–Crippen LogP) is 2.41. The van der Waals surface area contributed by atoms with Crippen LogP contribution in [0.25, 0.3) is 17.4 Å². The molecule has 0 aliphatic heterocycles. The first-order chi connectivity index (χ1) is 12.4. The summed E-state index contributed by atoms with van der Waals surface area (Å²) in [5, 5.41) is 9.20. The smallest absolute Gasteiger partial charge is 0.336 e. The summed E-state index contributed by atoms with van der Waals surface area (Å²) >= 11 is 0. The molecule has 2 aromatic heterocycles. The van der Waals surface area contributed by atoms with Crippen molar-refractivity contribution in [1.82, 2.24) is 18.7 Å². The molecule has 1 N–H and O–H groups in total. The second kappa shape index (κ2) is 9.52. The molecule has 144 valence electrons. The van der Waals surface area contributed by atoms with Gasteiger partial charge in [0, 0.05) is 20.3 Å². The van der Waals surface area contributed by atoms with E-state index in [-0.39, 0.29) is 17.4 Å². The minimum Gasteiger partial charge on any atom is -0.393 e. The van der Waals surface area contributed by atoms with Gasteiger partial charge < -0.3 is 9.67 Å². The van der Waals surface area contributed by atoms with Gasteiger partial charge in [-0.25, -0.2) is 14.3 Å². The van der Waals surface area contributed by atoms with E-state index < -0.39 is 0 Å². The number of aliphatic hydroxyl groups is 1. The Balaban J connectivity index is 1.85. The lowest BCUT2D eigenvalue weighted by Crippen LogP contribution is -2.36. The maximum absolute atomic E-state index is 12.5. The number of aromatic nitrogens is 4. The molecule has 7 nitrogen and oxygen atoms in total. The van der Waals surface area contributed by atoms with E-state index in [4.69, 9.17) is 0 Å². The maximum atomic E-state index is 12.5. The molecule has 2 heterocycles. The third-order valence-corrected chi connectivity index (χ3v) is 4.65. The summed E-state index contributed by atoms with van der Waals surface area (Å²) in [6, 6.07) is 0. The van der Waals surface area contributed by atoms with Gasteiger partial charge in [-0.3, -0.25) is 9.36 Å². The molecule has 0 spiro atoms. The van der Waals surface area contributed by atoms with Crippen LogP contribution in [0.5, 0.6) is 0 Å². The van der Waals surface area contributed by atoms with Crippen LogP contribution in [0.15, 0.2) is 22.0 Å². The number of unbranched alkanes of at least 4 members (excludes halogenated alkanes) is 6. The SMILES string of the molecule is CC(O)CCCCCCCC/C=C/n1c(=O)c2c(ncn2C)n(C)c1=O. The summed E-state index contributed by atoms with van der Waals surface area (Å²) < 4.78 is 4.19. The lowest BCUT2D eigenvalue weighted by Gasteiger charge is -2.05. The van der Waals surface area contributed by atoms with Crippen LogP contribution in [0, 0.1) is 0 Å². The minimum absolute atomic E-state index is 0.193. The van der Waals surface area contributed by atoms with Crippen molar-refractivity contribution in [2.75, 3.05) is 0 Å². The molecule has 0 aliphatic carbocycles. The Hall–Kier alpha value is -2.15. The zero-order valence-corrected chi connectivity index (χ0v) is 16.0. The van der Waals surface area contributed by atoms with Gasteiger partial charge in [-0.15, -0.1) is 0 Å². The normalized spacial score (nSPS) is 13.1. The Labute approximate surface area is 153 Å². The zero-order chi connectivity index (χ0) is 19.1. The molecule has 0 bridgehead atoms. The Morgan fingerprint density at radius 3 is 2.46 bits per heavy atom. The molecule has 0 fully saturated rings. The largest absolute Gasteiger partial charge is 0.393 e. The third-order valence-electron chi connectivity index (χ3n) is 4.65. The first kappa shape index (κ1) is 20.2. The minimum atomic E-state index is -0.379. The maximum Gasteiger partial charge on any atom is 0.336 e. The third kappa shape index (κ3) is 4.94. The Kier molecular flexibility index (Phi) is 7.38. The van der Waals surface area contributed by atoms with Gasteiger partial charge in [0.15, 0.2) is 11.2 Å². The Bertz CT molecular complexity index is 858. The van der Waals surface area contributed by atoms with Crippen LogP contribution in [0.4, 0.5) is 0 Å². The fourth-order valence-electron chi connectivity index (χ4n) is 3.08. The van der Waals surface area contributed by atoms with Crippen molar-refractivity contribution in [3.05, 3.63) is 33.2 Å². The standard InChI is InChI=1S/C19H30N4O3/c1-15(24)12-10-8-6-4-5-7-9-11-13-23-18(25)16-17(20-14-21(16)2)22(3)19(23)26/h11,13-15,24H,4-10,12H2,1-3H3/b13-11+. The summed E-state index contributed by atoms with van der Waals surface area (Å²) in [5.74, 6) is 0. The molecule has 1 unspecified atom stereocenters. The summed E-state index contributed by atoms with van der Waals surface area (Å²) in [7, 11) is 3.37. The van der Waals surface area contributed by atoms with Gasteiger partial charge in [-0.2, -0.15) is 0 Å².